The summed E-state index contributed by atoms with van der Waals surface area (Å²) in [5.41, 5.74) is 0. The van der Waals surface area contributed by atoms with E-state index in [-0.39, 0.29) is 0 Å². The van der Waals surface area contributed by atoms with Gasteiger partial charge in [-0.2, -0.15) is 0 Å². The van der Waals surface area contributed by atoms with Gasteiger partial charge in [-0.05, 0) is 0 Å². The Morgan fingerprint density at radius 2 is 1.88 bits per heavy atom. The lowest BCUT2D eigenvalue weighted by Crippen LogP contribution is -2.20. The van der Waals surface area contributed by atoms with Crippen molar-refractivity contribution in [1.29, 1.82) is 0 Å². The number of hydrogen-bond acceptors (Lipinski definition) is 1. The summed E-state index contributed by atoms with van der Waals surface area (Å²) in [6, 6.07) is 0. The molecule has 50 valence electrons. The summed E-state index contributed by atoms with van der Waals surface area (Å²) in [5.74, 6) is 0.539. The molecule has 1 N–H and O–H groups in total. The predicted octanol–water partition coefficient (Wildman–Crippen LogP) is -3.62. The van der Waals surface area contributed by atoms with E-state index in [1.54, 1.807) is 0 Å². The van der Waals surface area contributed by atoms with Crippen LogP contribution in [0.5, 0.6) is 0 Å². The van der Waals surface area contributed by atoms with Gasteiger partial charge >= 0.3 is 0 Å². The minimum absolute atomic E-state index is 0.389. The largest absolute Gasteiger partial charge is 0.306 e. The second-order valence-corrected chi connectivity index (χ2v) is 18.1. The van der Waals surface area contributed by atoms with Crippen LogP contribution in [0.1, 0.15) is 0 Å². The lowest BCUT2D eigenvalue weighted by Gasteiger charge is -2.13. The first-order chi connectivity index (χ1) is 3.42. The smallest absolute Gasteiger partial charge is 0.152 e. The second kappa shape index (κ2) is 3.06. The third-order valence-corrected chi connectivity index (χ3v) is 4.27. The Hall–Kier alpha value is 0.761. The lowest BCUT2D eigenvalue weighted by atomic mass is 10.9. The summed E-state index contributed by atoms with van der Waals surface area (Å²) in [5, 5.41) is 0. The van der Waals surface area contributed by atoms with Crippen LogP contribution in [0.4, 0.5) is 0 Å². The van der Waals surface area contributed by atoms with Crippen LogP contribution in [0.2, 0.25) is 4.28 Å². The normalized spacial score (nSPS) is 23.1. The highest BCUT2D eigenvalue weighted by atomic mass is 32.2. The highest BCUT2D eigenvalue weighted by Gasteiger charge is 2.12. The topological polar surface area (TPSA) is 37.3 Å². The molecule has 0 amide bonds. The fourth-order valence-corrected chi connectivity index (χ4v) is 3.33. The Balaban J connectivity index is 3.55. The van der Waals surface area contributed by atoms with Crippen LogP contribution in [0.15, 0.2) is 0 Å². The fraction of sp³-hybridized carbons (Fsp3) is 1.00. The van der Waals surface area contributed by atoms with E-state index < -0.39 is 11.1 Å². The first-order valence-corrected chi connectivity index (χ1v) is 6.77. The highest BCUT2D eigenvalue weighted by molar-refractivity contribution is 7.79. The Labute approximate surface area is 61.0 Å². The van der Waals surface area contributed by atoms with Crippen LogP contribution in [0.3, 0.4) is 0 Å². The van der Waals surface area contributed by atoms with Crippen LogP contribution in [-0.2, 0) is 11.1 Å². The molecule has 0 aliphatic carbocycles. The van der Waals surface area contributed by atoms with Gasteiger partial charge in [0.2, 0.25) is 0 Å². The molecule has 0 spiro atoms. The molecule has 0 aromatic heterocycles. The first-order valence-electron chi connectivity index (χ1n) is 2.49. The minimum atomic E-state index is -1.53. The molecule has 0 aromatic rings. The van der Waals surface area contributed by atoms with Crippen LogP contribution in [0.25, 0.3) is 0 Å². The molecule has 0 saturated carbocycles. The van der Waals surface area contributed by atoms with E-state index in [9.17, 15) is 4.21 Å². The molecule has 1 atom stereocenters. The van der Waals surface area contributed by atoms with Gasteiger partial charge in [0, 0.05) is 36.5 Å². The zero-order valence-corrected chi connectivity index (χ0v) is 12.3. The SMILES string of the molecule is O=S(O)CC([SiH3])([SiH3])[SiH3]. The zero-order chi connectivity index (χ0) is 6.78. The molecule has 1 unspecified atom stereocenters. The first kappa shape index (κ1) is 8.76. The van der Waals surface area contributed by atoms with Gasteiger partial charge in [0.1, 0.15) is 0 Å². The van der Waals surface area contributed by atoms with E-state index in [1.807, 2.05) is 0 Å². The average Bonchev–Trinajstić information content (AvgIpc) is 1.21. The highest BCUT2D eigenvalue weighted by Crippen LogP contribution is 2.07. The third-order valence-electron chi connectivity index (χ3n) is 0.556. The van der Waals surface area contributed by atoms with E-state index >= 15 is 0 Å². The van der Waals surface area contributed by atoms with Crippen molar-refractivity contribution >= 4 is 41.8 Å². The van der Waals surface area contributed by atoms with Crippen molar-refractivity contribution < 1.29 is 8.76 Å². The Morgan fingerprint density at radius 1 is 1.50 bits per heavy atom. The van der Waals surface area contributed by atoms with Gasteiger partial charge in [-0.3, -0.25) is 0 Å². The van der Waals surface area contributed by atoms with E-state index in [4.69, 9.17) is 4.55 Å². The molecular weight excluding hydrogens is 172 g/mol. The molecule has 0 radical (unpaired) electrons. The van der Waals surface area contributed by atoms with Crippen molar-refractivity contribution in [2.75, 3.05) is 5.75 Å². The summed E-state index contributed by atoms with van der Waals surface area (Å²) in [6.07, 6.45) is 0. The van der Waals surface area contributed by atoms with Gasteiger partial charge in [0.05, 0.1) is 0 Å². The van der Waals surface area contributed by atoms with Crippen molar-refractivity contribution in [3.63, 3.8) is 0 Å². The number of rotatable bonds is 2. The van der Waals surface area contributed by atoms with Crippen molar-refractivity contribution in [2.24, 2.45) is 0 Å². The molecule has 0 aliphatic heterocycles. The van der Waals surface area contributed by atoms with Crippen molar-refractivity contribution in [2.45, 2.75) is 4.28 Å². The van der Waals surface area contributed by atoms with Crippen LogP contribution < -0.4 is 0 Å². The van der Waals surface area contributed by atoms with E-state index in [2.05, 4.69) is 0 Å². The van der Waals surface area contributed by atoms with Gasteiger partial charge in [0.25, 0.3) is 0 Å². The maximum Gasteiger partial charge on any atom is 0.152 e. The molecule has 0 heterocycles. The van der Waals surface area contributed by atoms with Gasteiger partial charge in [-0.15, -0.1) is 0 Å². The maximum absolute atomic E-state index is 10.2. The molecule has 0 aliphatic rings. The summed E-state index contributed by atoms with van der Waals surface area (Å²) in [7, 11) is 3.29. The Morgan fingerprint density at radius 3 is 1.88 bits per heavy atom. The van der Waals surface area contributed by atoms with Gasteiger partial charge < -0.3 is 4.55 Å². The fourth-order valence-electron chi connectivity index (χ4n) is 0.370. The molecule has 8 heavy (non-hydrogen) atoms. The third kappa shape index (κ3) is 6.76. The van der Waals surface area contributed by atoms with Gasteiger partial charge in [-0.25, -0.2) is 4.21 Å². The predicted molar refractivity (Wildman–Crippen MR) is 48.1 cm³/mol. The number of hydrogen-bond donors (Lipinski definition) is 1. The van der Waals surface area contributed by atoms with Gasteiger partial charge in [0.15, 0.2) is 11.1 Å². The maximum atomic E-state index is 10.2. The summed E-state index contributed by atoms with van der Waals surface area (Å²) in [4.78, 5) is 0. The Kier molecular flexibility index (Phi) is 3.35. The molecule has 0 bridgehead atoms. The molecule has 2 nitrogen and oxygen atoms in total. The van der Waals surface area contributed by atoms with Crippen molar-refractivity contribution in [1.82, 2.24) is 0 Å². The summed E-state index contributed by atoms with van der Waals surface area (Å²) >= 11 is -1.53. The van der Waals surface area contributed by atoms with Crippen LogP contribution in [-0.4, -0.2) is 45.2 Å². The molecular formula is C2H12O2SSi3. The zero-order valence-electron chi connectivity index (χ0n) is 5.47. The molecule has 0 saturated heterocycles. The lowest BCUT2D eigenvalue weighted by molar-refractivity contribution is 0.564. The molecule has 0 fully saturated rings. The molecule has 0 rings (SSSR count). The molecule has 0 aromatic carbocycles. The Bertz CT molecular complexity index is 97.9. The quantitative estimate of drug-likeness (QED) is 0.355. The van der Waals surface area contributed by atoms with E-state index in [0.29, 0.717) is 10.0 Å². The summed E-state index contributed by atoms with van der Waals surface area (Å²) in [6.45, 7) is 0. The van der Waals surface area contributed by atoms with Crippen molar-refractivity contribution in [3.8, 4) is 0 Å². The standard InChI is InChI=1S/C2H12O2SSi3/c3-5(4)1-2(6,7)8/h1H2,6-8H3,(H,3,4). The minimum Gasteiger partial charge on any atom is -0.306 e. The van der Waals surface area contributed by atoms with E-state index in [1.165, 1.54) is 0 Å². The van der Waals surface area contributed by atoms with Crippen LogP contribution >= 0.6 is 0 Å². The monoisotopic (exact) mass is 184 g/mol. The van der Waals surface area contributed by atoms with Gasteiger partial charge in [-0.1, -0.05) is 4.28 Å². The van der Waals surface area contributed by atoms with Crippen LogP contribution in [0, 0.1) is 0 Å². The second-order valence-electron chi connectivity index (χ2n) is 3.03. The van der Waals surface area contributed by atoms with E-state index in [0.717, 1.165) is 30.7 Å². The van der Waals surface area contributed by atoms with Crippen molar-refractivity contribution in [3.05, 3.63) is 0 Å². The summed E-state index contributed by atoms with van der Waals surface area (Å²) < 4.78 is 19.0. The molecule has 6 heteroatoms. The average molecular weight is 184 g/mol.